The van der Waals surface area contributed by atoms with Crippen molar-refractivity contribution in [3.63, 3.8) is 0 Å². The van der Waals surface area contributed by atoms with Gasteiger partial charge in [-0.2, -0.15) is 0 Å². The summed E-state index contributed by atoms with van der Waals surface area (Å²) in [7, 11) is 0. The van der Waals surface area contributed by atoms with Gasteiger partial charge in [-0.25, -0.2) is 9.37 Å². The summed E-state index contributed by atoms with van der Waals surface area (Å²) >= 11 is 5.34. The summed E-state index contributed by atoms with van der Waals surface area (Å²) < 4.78 is 13.2. The van der Waals surface area contributed by atoms with Gasteiger partial charge in [0.15, 0.2) is 10.9 Å². The highest BCUT2D eigenvalue weighted by Gasteiger charge is 2.35. The molecule has 4 nitrogen and oxygen atoms in total. The maximum Gasteiger partial charge on any atom is 0.172 e. The SMILES string of the molecule is Fc1ccc(C2(CNC(=S)Nc3cnccn3)CCCC2)cc1. The van der Waals surface area contributed by atoms with Gasteiger partial charge in [0.05, 0.1) is 6.20 Å². The summed E-state index contributed by atoms with van der Waals surface area (Å²) in [5, 5.41) is 6.84. The molecule has 0 radical (unpaired) electrons. The average Bonchev–Trinajstić information content (AvgIpc) is 3.05. The first kappa shape index (κ1) is 15.8. The third kappa shape index (κ3) is 3.82. The molecule has 2 N–H and O–H groups in total. The van der Waals surface area contributed by atoms with Crippen LogP contribution in [0.1, 0.15) is 31.2 Å². The number of hydrogen-bond acceptors (Lipinski definition) is 3. The Morgan fingerprint density at radius 1 is 1.17 bits per heavy atom. The Kier molecular flexibility index (Phi) is 4.81. The lowest BCUT2D eigenvalue weighted by molar-refractivity contribution is 0.434. The Morgan fingerprint density at radius 3 is 2.57 bits per heavy atom. The van der Waals surface area contributed by atoms with Crippen molar-refractivity contribution in [2.75, 3.05) is 11.9 Å². The van der Waals surface area contributed by atoms with Gasteiger partial charge in [-0.3, -0.25) is 4.98 Å². The molecular formula is C17H19FN4S. The van der Waals surface area contributed by atoms with E-state index in [1.807, 2.05) is 12.1 Å². The van der Waals surface area contributed by atoms with Crippen molar-refractivity contribution in [1.29, 1.82) is 0 Å². The van der Waals surface area contributed by atoms with Gasteiger partial charge in [0.2, 0.25) is 0 Å². The first-order chi connectivity index (χ1) is 11.2. The van der Waals surface area contributed by atoms with E-state index >= 15 is 0 Å². The molecule has 0 bridgehead atoms. The van der Waals surface area contributed by atoms with Gasteiger partial charge in [-0.05, 0) is 42.8 Å². The molecule has 3 rings (SSSR count). The number of nitrogens with zero attached hydrogens (tertiary/aromatic N) is 2. The molecule has 1 aliphatic carbocycles. The van der Waals surface area contributed by atoms with Gasteiger partial charge in [0.25, 0.3) is 0 Å². The van der Waals surface area contributed by atoms with Gasteiger partial charge < -0.3 is 10.6 Å². The summed E-state index contributed by atoms with van der Waals surface area (Å²) in [6.07, 6.45) is 9.39. The molecule has 0 amide bonds. The van der Waals surface area contributed by atoms with Gasteiger partial charge >= 0.3 is 0 Å². The predicted molar refractivity (Wildman–Crippen MR) is 92.8 cm³/mol. The number of benzene rings is 1. The molecule has 1 aromatic heterocycles. The van der Waals surface area contributed by atoms with Crippen LogP contribution in [-0.4, -0.2) is 21.6 Å². The molecule has 1 saturated carbocycles. The van der Waals surface area contributed by atoms with E-state index in [9.17, 15) is 4.39 Å². The second kappa shape index (κ2) is 7.00. The second-order valence-corrected chi connectivity index (χ2v) is 6.30. The second-order valence-electron chi connectivity index (χ2n) is 5.89. The van der Waals surface area contributed by atoms with Crippen molar-refractivity contribution in [2.24, 2.45) is 0 Å². The van der Waals surface area contributed by atoms with Crippen molar-refractivity contribution >= 4 is 23.1 Å². The Bertz CT molecular complexity index is 654. The first-order valence-electron chi connectivity index (χ1n) is 7.75. The van der Waals surface area contributed by atoms with E-state index in [1.54, 1.807) is 18.6 Å². The van der Waals surface area contributed by atoms with Gasteiger partial charge in [0, 0.05) is 24.4 Å². The number of halogens is 1. The fourth-order valence-corrected chi connectivity index (χ4v) is 3.37. The number of nitrogens with one attached hydrogen (secondary N) is 2. The molecule has 23 heavy (non-hydrogen) atoms. The molecule has 0 spiro atoms. The van der Waals surface area contributed by atoms with Crippen LogP contribution in [0, 0.1) is 5.82 Å². The fourth-order valence-electron chi connectivity index (χ4n) is 3.20. The Labute approximate surface area is 140 Å². The van der Waals surface area contributed by atoms with Crippen LogP contribution in [0.2, 0.25) is 0 Å². The third-order valence-electron chi connectivity index (χ3n) is 4.41. The van der Waals surface area contributed by atoms with E-state index in [-0.39, 0.29) is 11.2 Å². The highest BCUT2D eigenvalue weighted by Crippen LogP contribution is 2.40. The number of thiocarbonyl (C=S) groups is 1. The van der Waals surface area contributed by atoms with Crippen LogP contribution in [0.3, 0.4) is 0 Å². The molecule has 120 valence electrons. The van der Waals surface area contributed by atoms with Crippen molar-refractivity contribution in [1.82, 2.24) is 15.3 Å². The zero-order valence-corrected chi connectivity index (χ0v) is 13.6. The maximum atomic E-state index is 13.2. The monoisotopic (exact) mass is 330 g/mol. The molecule has 1 heterocycles. The Balaban J connectivity index is 1.66. The quantitative estimate of drug-likeness (QED) is 0.841. The molecule has 0 aliphatic heterocycles. The minimum Gasteiger partial charge on any atom is -0.362 e. The molecule has 0 saturated heterocycles. The van der Waals surface area contributed by atoms with E-state index in [2.05, 4.69) is 20.6 Å². The van der Waals surface area contributed by atoms with Gasteiger partial charge in [-0.15, -0.1) is 0 Å². The summed E-state index contributed by atoms with van der Waals surface area (Å²) in [6.45, 7) is 0.727. The minimum atomic E-state index is -0.199. The topological polar surface area (TPSA) is 49.8 Å². The molecule has 2 aromatic rings. The van der Waals surface area contributed by atoms with E-state index in [0.717, 1.165) is 19.4 Å². The lowest BCUT2D eigenvalue weighted by Crippen LogP contribution is -2.40. The van der Waals surface area contributed by atoms with Crippen LogP contribution in [0.4, 0.5) is 10.2 Å². The fraction of sp³-hybridized carbons (Fsp3) is 0.353. The normalized spacial score (nSPS) is 16.0. The van der Waals surface area contributed by atoms with Crippen molar-refractivity contribution < 1.29 is 4.39 Å². The summed E-state index contributed by atoms with van der Waals surface area (Å²) in [6, 6.07) is 6.85. The van der Waals surface area contributed by atoms with Crippen LogP contribution >= 0.6 is 12.2 Å². The third-order valence-corrected chi connectivity index (χ3v) is 4.66. The van der Waals surface area contributed by atoms with Crippen LogP contribution in [0.25, 0.3) is 0 Å². The average molecular weight is 330 g/mol. The van der Waals surface area contributed by atoms with Crippen LogP contribution < -0.4 is 10.6 Å². The summed E-state index contributed by atoms with van der Waals surface area (Å²) in [4.78, 5) is 8.14. The largest absolute Gasteiger partial charge is 0.362 e. The molecule has 6 heteroatoms. The van der Waals surface area contributed by atoms with Crippen molar-refractivity contribution in [3.05, 3.63) is 54.2 Å². The lowest BCUT2D eigenvalue weighted by atomic mass is 9.79. The van der Waals surface area contributed by atoms with E-state index < -0.39 is 0 Å². The summed E-state index contributed by atoms with van der Waals surface area (Å²) in [5.74, 6) is 0.418. The van der Waals surface area contributed by atoms with Crippen molar-refractivity contribution in [2.45, 2.75) is 31.1 Å². The first-order valence-corrected chi connectivity index (χ1v) is 8.16. The molecule has 1 aromatic carbocycles. The van der Waals surface area contributed by atoms with Crippen molar-refractivity contribution in [3.8, 4) is 0 Å². The smallest absolute Gasteiger partial charge is 0.172 e. The zero-order chi connectivity index (χ0) is 16.1. The van der Waals surface area contributed by atoms with Crippen LogP contribution in [0.15, 0.2) is 42.9 Å². The number of hydrogen-bond donors (Lipinski definition) is 2. The van der Waals surface area contributed by atoms with E-state index in [4.69, 9.17) is 12.2 Å². The van der Waals surface area contributed by atoms with E-state index in [0.29, 0.717) is 10.9 Å². The van der Waals surface area contributed by atoms with Gasteiger partial charge in [-0.1, -0.05) is 25.0 Å². The molecular weight excluding hydrogens is 311 g/mol. The predicted octanol–water partition coefficient (Wildman–Crippen LogP) is 3.41. The zero-order valence-electron chi connectivity index (χ0n) is 12.8. The molecule has 1 fully saturated rings. The number of anilines is 1. The minimum absolute atomic E-state index is 0.0157. The number of rotatable bonds is 4. The van der Waals surface area contributed by atoms with E-state index in [1.165, 1.54) is 30.5 Å². The molecule has 0 atom stereocenters. The molecule has 0 unspecified atom stereocenters. The maximum absolute atomic E-state index is 13.2. The molecule has 1 aliphatic rings. The standard InChI is InChI=1S/C17H19FN4S/c18-14-5-3-13(4-6-14)17(7-1-2-8-17)12-21-16(23)22-15-11-19-9-10-20-15/h3-6,9-11H,1-2,7-8,12H2,(H2,20,21,22,23). The highest BCUT2D eigenvalue weighted by molar-refractivity contribution is 7.80. The van der Waals surface area contributed by atoms with Gasteiger partial charge in [0.1, 0.15) is 5.82 Å². The van der Waals surface area contributed by atoms with Crippen LogP contribution in [-0.2, 0) is 5.41 Å². The highest BCUT2D eigenvalue weighted by atomic mass is 32.1. The lowest BCUT2D eigenvalue weighted by Gasteiger charge is -2.30. The van der Waals surface area contributed by atoms with Crippen LogP contribution in [0.5, 0.6) is 0 Å². The summed E-state index contributed by atoms with van der Waals surface area (Å²) in [5.41, 5.74) is 1.19. The Hall–Kier alpha value is -2.08. The number of aromatic nitrogens is 2. The Morgan fingerprint density at radius 2 is 1.91 bits per heavy atom.